The summed E-state index contributed by atoms with van der Waals surface area (Å²) in [5.74, 6) is -0.00569. The first kappa shape index (κ1) is 24.7. The van der Waals surface area contributed by atoms with Crippen LogP contribution in [0.25, 0.3) is 0 Å². The lowest BCUT2D eigenvalue weighted by Crippen LogP contribution is -2.50. The Balaban J connectivity index is 1.79. The van der Waals surface area contributed by atoms with E-state index in [9.17, 15) is 14.0 Å². The van der Waals surface area contributed by atoms with Gasteiger partial charge in [0.05, 0.1) is 17.3 Å². The Morgan fingerprint density at radius 2 is 1.66 bits per heavy atom. The highest BCUT2D eigenvalue weighted by molar-refractivity contribution is 5.50. The molecule has 4 rings (SSSR count). The molecule has 3 aromatic rings. The van der Waals surface area contributed by atoms with Gasteiger partial charge in [-0.05, 0) is 36.6 Å². The number of unbranched alkanes of at least 4 members (excludes halogenated alkanes) is 1. The smallest absolute Gasteiger partial charge is 0.332 e. The maximum absolute atomic E-state index is 14.4. The summed E-state index contributed by atoms with van der Waals surface area (Å²) in [6.07, 6.45) is 1.70. The highest BCUT2D eigenvalue weighted by Gasteiger charge is 2.33. The number of aromatic nitrogens is 2. The van der Waals surface area contributed by atoms with E-state index in [1.807, 2.05) is 42.2 Å². The van der Waals surface area contributed by atoms with Crippen molar-refractivity contribution in [2.75, 3.05) is 36.8 Å². The molecule has 2 heterocycles. The molecule has 0 saturated carbocycles. The van der Waals surface area contributed by atoms with Crippen LogP contribution in [0.1, 0.15) is 42.5 Å². The van der Waals surface area contributed by atoms with E-state index < -0.39 is 11.7 Å². The molecule has 1 atom stereocenters. The molecule has 186 valence electrons. The first-order valence-electron chi connectivity index (χ1n) is 12.2. The molecule has 0 bridgehead atoms. The van der Waals surface area contributed by atoms with E-state index >= 15 is 0 Å². The molecule has 0 radical (unpaired) electrons. The summed E-state index contributed by atoms with van der Waals surface area (Å²) in [6, 6.07) is 14.3. The van der Waals surface area contributed by atoms with Crippen molar-refractivity contribution in [1.82, 2.24) is 14.0 Å². The van der Waals surface area contributed by atoms with Gasteiger partial charge in [-0.2, -0.15) is 0 Å². The summed E-state index contributed by atoms with van der Waals surface area (Å²) >= 11 is 0. The Labute approximate surface area is 205 Å². The molecule has 1 saturated heterocycles. The van der Waals surface area contributed by atoms with Crippen LogP contribution >= 0.6 is 0 Å². The molecule has 1 aliphatic rings. The number of anilines is 2. The highest BCUT2D eigenvalue weighted by atomic mass is 19.1. The van der Waals surface area contributed by atoms with Crippen LogP contribution in [-0.4, -0.2) is 40.2 Å². The monoisotopic (exact) mass is 479 g/mol. The number of para-hydroxylation sites is 1. The maximum atomic E-state index is 14.4. The van der Waals surface area contributed by atoms with Crippen LogP contribution < -0.4 is 21.9 Å². The summed E-state index contributed by atoms with van der Waals surface area (Å²) < 4.78 is 17.1. The Morgan fingerprint density at radius 1 is 1.00 bits per heavy atom. The number of nitrogens with zero attached hydrogens (tertiary/aromatic N) is 4. The van der Waals surface area contributed by atoms with Gasteiger partial charge in [0.1, 0.15) is 11.6 Å². The normalized spacial score (nSPS) is 15.4. The fourth-order valence-electron chi connectivity index (χ4n) is 4.95. The third-order valence-electron chi connectivity index (χ3n) is 6.98. The van der Waals surface area contributed by atoms with Gasteiger partial charge in [-0.15, -0.1) is 0 Å². The molecule has 1 aromatic heterocycles. The van der Waals surface area contributed by atoms with E-state index in [0.717, 1.165) is 24.0 Å². The molecule has 8 heteroatoms. The van der Waals surface area contributed by atoms with Gasteiger partial charge < -0.3 is 10.6 Å². The number of piperazine rings is 1. The zero-order valence-electron chi connectivity index (χ0n) is 20.7. The Kier molecular flexibility index (Phi) is 7.40. The summed E-state index contributed by atoms with van der Waals surface area (Å²) in [6.45, 7) is 6.98. The third kappa shape index (κ3) is 4.75. The molecule has 0 amide bonds. The summed E-state index contributed by atoms with van der Waals surface area (Å²) in [5.41, 5.74) is 8.87. The van der Waals surface area contributed by atoms with Crippen LogP contribution in [0.15, 0.2) is 58.1 Å². The Bertz CT molecular complexity index is 1310. The molecule has 1 fully saturated rings. The third-order valence-corrected chi connectivity index (χ3v) is 6.98. The predicted molar refractivity (Wildman–Crippen MR) is 138 cm³/mol. The number of hydrogen-bond donors (Lipinski definition) is 1. The van der Waals surface area contributed by atoms with Crippen LogP contribution in [0.2, 0.25) is 0 Å². The molecule has 0 unspecified atom stereocenters. The maximum Gasteiger partial charge on any atom is 0.332 e. The summed E-state index contributed by atoms with van der Waals surface area (Å²) in [7, 11) is 1.51. The lowest BCUT2D eigenvalue weighted by atomic mass is 9.93. The minimum Gasteiger partial charge on any atom is -0.385 e. The molecule has 7 nitrogen and oxygen atoms in total. The van der Waals surface area contributed by atoms with Crippen LogP contribution in [0.4, 0.5) is 15.9 Å². The average Bonchev–Trinajstić information content (AvgIpc) is 2.87. The second kappa shape index (κ2) is 10.5. The van der Waals surface area contributed by atoms with Gasteiger partial charge >= 0.3 is 5.69 Å². The SMILES string of the molecule is CCCCn1c(N)c([C@@H](c2ccccc2C)N2CCN(c3ccccc3F)CC2)c(=O)n(C)c1=O. The average molecular weight is 480 g/mol. The van der Waals surface area contributed by atoms with E-state index in [2.05, 4.69) is 11.8 Å². The first-order valence-corrected chi connectivity index (χ1v) is 12.2. The lowest BCUT2D eigenvalue weighted by Gasteiger charge is -2.41. The van der Waals surface area contributed by atoms with Crippen molar-refractivity contribution in [1.29, 1.82) is 0 Å². The fraction of sp³-hybridized carbons (Fsp3) is 0.407. The zero-order valence-corrected chi connectivity index (χ0v) is 20.7. The quantitative estimate of drug-likeness (QED) is 0.563. The van der Waals surface area contributed by atoms with Gasteiger partial charge in [-0.1, -0.05) is 49.7 Å². The molecule has 0 spiro atoms. The van der Waals surface area contributed by atoms with E-state index in [-0.39, 0.29) is 17.2 Å². The Hall–Kier alpha value is -3.39. The van der Waals surface area contributed by atoms with E-state index in [1.165, 1.54) is 22.2 Å². The number of benzene rings is 2. The van der Waals surface area contributed by atoms with Crippen molar-refractivity contribution in [2.24, 2.45) is 7.05 Å². The first-order chi connectivity index (χ1) is 16.8. The molecular formula is C27H34FN5O2. The second-order valence-corrected chi connectivity index (χ2v) is 9.18. The molecular weight excluding hydrogens is 445 g/mol. The zero-order chi connectivity index (χ0) is 25.1. The van der Waals surface area contributed by atoms with Gasteiger partial charge in [0.2, 0.25) is 0 Å². The van der Waals surface area contributed by atoms with Crippen LogP contribution in [-0.2, 0) is 13.6 Å². The largest absolute Gasteiger partial charge is 0.385 e. The lowest BCUT2D eigenvalue weighted by molar-refractivity contribution is 0.209. The standard InChI is InChI=1S/C27H34FN5O2/c1-4-5-14-33-25(29)23(26(34)30(3)27(33)35)24(20-11-7-6-10-19(20)2)32-17-15-31(16-18-32)22-13-9-8-12-21(22)28/h6-13,24H,4-5,14-18,29H2,1-3H3/t24-/m1/s1. The predicted octanol–water partition coefficient (Wildman–Crippen LogP) is 3.29. The van der Waals surface area contributed by atoms with E-state index in [1.54, 1.807) is 12.1 Å². The van der Waals surface area contributed by atoms with Crippen LogP contribution in [0, 0.1) is 12.7 Å². The van der Waals surface area contributed by atoms with Crippen molar-refractivity contribution in [3.05, 3.63) is 91.9 Å². The Morgan fingerprint density at radius 3 is 2.31 bits per heavy atom. The molecule has 35 heavy (non-hydrogen) atoms. The van der Waals surface area contributed by atoms with Gasteiger partial charge in [0, 0.05) is 39.8 Å². The number of rotatable bonds is 7. The number of nitrogens with two attached hydrogens (primary N) is 1. The molecule has 1 aliphatic heterocycles. The van der Waals surface area contributed by atoms with Crippen LogP contribution in [0.5, 0.6) is 0 Å². The van der Waals surface area contributed by atoms with Crippen LogP contribution in [0.3, 0.4) is 0 Å². The number of nitrogen functional groups attached to an aromatic ring is 1. The van der Waals surface area contributed by atoms with Crippen molar-refractivity contribution in [3.8, 4) is 0 Å². The van der Waals surface area contributed by atoms with E-state index in [0.29, 0.717) is 44.0 Å². The second-order valence-electron chi connectivity index (χ2n) is 9.18. The van der Waals surface area contributed by atoms with Gasteiger partial charge in [-0.25, -0.2) is 9.18 Å². The fourth-order valence-corrected chi connectivity index (χ4v) is 4.95. The van der Waals surface area contributed by atoms with Crippen molar-refractivity contribution >= 4 is 11.5 Å². The van der Waals surface area contributed by atoms with Gasteiger partial charge in [0.25, 0.3) is 5.56 Å². The molecule has 0 aliphatic carbocycles. The summed E-state index contributed by atoms with van der Waals surface area (Å²) in [5, 5.41) is 0. The van der Waals surface area contributed by atoms with Gasteiger partial charge in [0.15, 0.2) is 0 Å². The number of hydrogen-bond acceptors (Lipinski definition) is 5. The minimum atomic E-state index is -0.411. The topological polar surface area (TPSA) is 76.5 Å². The minimum absolute atomic E-state index is 0.233. The number of halogens is 1. The van der Waals surface area contributed by atoms with E-state index in [4.69, 9.17) is 5.73 Å². The number of aryl methyl sites for hydroxylation is 1. The van der Waals surface area contributed by atoms with Crippen molar-refractivity contribution in [3.63, 3.8) is 0 Å². The molecule has 2 N–H and O–H groups in total. The molecule has 2 aromatic carbocycles. The summed E-state index contributed by atoms with van der Waals surface area (Å²) in [4.78, 5) is 30.7. The highest BCUT2D eigenvalue weighted by Crippen LogP contribution is 2.33. The van der Waals surface area contributed by atoms with Crippen molar-refractivity contribution < 1.29 is 4.39 Å². The van der Waals surface area contributed by atoms with Gasteiger partial charge in [-0.3, -0.25) is 18.8 Å². The van der Waals surface area contributed by atoms with Crippen molar-refractivity contribution in [2.45, 2.75) is 39.3 Å².